The predicted molar refractivity (Wildman–Crippen MR) is 169 cm³/mol. The summed E-state index contributed by atoms with van der Waals surface area (Å²) in [6.45, 7) is 10.5. The van der Waals surface area contributed by atoms with Crippen molar-refractivity contribution >= 4 is 17.5 Å². The van der Waals surface area contributed by atoms with Crippen LogP contribution in [0.15, 0.2) is 83.3 Å². The summed E-state index contributed by atoms with van der Waals surface area (Å²) in [5.41, 5.74) is 5.29. The van der Waals surface area contributed by atoms with Gasteiger partial charge in [0.2, 0.25) is 0 Å². The first-order valence-corrected chi connectivity index (χ1v) is 14.8. The van der Waals surface area contributed by atoms with E-state index in [4.69, 9.17) is 21.3 Å². The fourth-order valence-corrected chi connectivity index (χ4v) is 4.89. The second-order valence-corrected chi connectivity index (χ2v) is 11.6. The molecule has 42 heavy (non-hydrogen) atoms. The van der Waals surface area contributed by atoms with Crippen LogP contribution in [0, 0.1) is 24.2 Å². The summed E-state index contributed by atoms with van der Waals surface area (Å²) < 4.78 is 6.13. The molecule has 0 saturated heterocycles. The van der Waals surface area contributed by atoms with Gasteiger partial charge in [0.1, 0.15) is 11.5 Å². The van der Waals surface area contributed by atoms with Crippen molar-refractivity contribution in [1.82, 2.24) is 16.0 Å². The van der Waals surface area contributed by atoms with Crippen molar-refractivity contribution in [2.75, 3.05) is 13.1 Å². The van der Waals surface area contributed by atoms with E-state index in [1.165, 1.54) is 11.1 Å². The smallest absolute Gasteiger partial charge is 0.253 e. The highest BCUT2D eigenvalue weighted by molar-refractivity contribution is 6.34. The fraction of sp³-hybridized carbons (Fsp3) is 0.314. The summed E-state index contributed by atoms with van der Waals surface area (Å²) in [4.78, 5) is 13.5. The second kappa shape index (κ2) is 14.8. The largest absolute Gasteiger partial charge is 0.460 e. The molecule has 0 saturated carbocycles. The van der Waals surface area contributed by atoms with Crippen LogP contribution in [0.3, 0.4) is 0 Å². The molecule has 2 atom stereocenters. The summed E-state index contributed by atoms with van der Waals surface area (Å²) in [5.74, 6) is 1.73. The Balaban J connectivity index is 1.44. The van der Waals surface area contributed by atoms with Gasteiger partial charge in [-0.2, -0.15) is 5.26 Å². The van der Waals surface area contributed by atoms with Gasteiger partial charge < -0.3 is 20.4 Å². The lowest BCUT2D eigenvalue weighted by Crippen LogP contribution is -2.44. The van der Waals surface area contributed by atoms with E-state index in [0.717, 1.165) is 23.4 Å². The zero-order valence-electron chi connectivity index (χ0n) is 24.7. The molecule has 0 bridgehead atoms. The highest BCUT2D eigenvalue weighted by atomic mass is 35.5. The predicted octanol–water partition coefficient (Wildman–Crippen LogP) is 7.22. The summed E-state index contributed by atoms with van der Waals surface area (Å²) in [7, 11) is 0. The van der Waals surface area contributed by atoms with Crippen molar-refractivity contribution in [2.45, 2.75) is 52.7 Å². The average Bonchev–Trinajstić information content (AvgIpc) is 3.45. The van der Waals surface area contributed by atoms with Gasteiger partial charge in [-0.05, 0) is 86.3 Å². The number of nitrogens with zero attached hydrogens (tertiary/aromatic N) is 1. The van der Waals surface area contributed by atoms with Crippen LogP contribution >= 0.6 is 11.6 Å². The molecule has 1 amide bonds. The number of hydrogen-bond donors (Lipinski definition) is 3. The number of carbonyl (C=O) groups excluding carboxylic acids is 1. The number of amides is 1. The lowest BCUT2D eigenvalue weighted by molar-refractivity contribution is 0.0936. The SMILES string of the molecule is Cc1ccc(C(C)NCc2ccc(-c3ccc(Cl)c(C(=O)N[C@@H](CNCC(C)C)Cc4ccc(C#N)cc4)c3)o2)cc1. The van der Waals surface area contributed by atoms with E-state index >= 15 is 0 Å². The molecule has 0 fully saturated rings. The maximum absolute atomic E-state index is 13.5. The highest BCUT2D eigenvalue weighted by Crippen LogP contribution is 2.27. The zero-order chi connectivity index (χ0) is 30.1. The lowest BCUT2D eigenvalue weighted by Gasteiger charge is -2.21. The van der Waals surface area contributed by atoms with Crippen molar-refractivity contribution in [1.29, 1.82) is 5.26 Å². The average molecular weight is 583 g/mol. The molecule has 4 rings (SSSR count). The third-order valence-corrected chi connectivity index (χ3v) is 7.49. The second-order valence-electron chi connectivity index (χ2n) is 11.2. The van der Waals surface area contributed by atoms with Gasteiger partial charge in [-0.25, -0.2) is 0 Å². The van der Waals surface area contributed by atoms with E-state index < -0.39 is 0 Å². The molecule has 1 heterocycles. The van der Waals surface area contributed by atoms with Crippen molar-refractivity contribution in [2.24, 2.45) is 5.92 Å². The number of nitrogens with one attached hydrogen (secondary N) is 3. The first-order chi connectivity index (χ1) is 20.2. The van der Waals surface area contributed by atoms with Crippen LogP contribution in [-0.2, 0) is 13.0 Å². The van der Waals surface area contributed by atoms with Crippen molar-refractivity contribution in [3.05, 3.63) is 117 Å². The van der Waals surface area contributed by atoms with Crippen molar-refractivity contribution < 1.29 is 9.21 Å². The van der Waals surface area contributed by atoms with Crippen LogP contribution in [0.1, 0.15) is 65.2 Å². The van der Waals surface area contributed by atoms with E-state index in [9.17, 15) is 4.79 Å². The van der Waals surface area contributed by atoms with Crippen molar-refractivity contribution in [3.63, 3.8) is 0 Å². The first kappa shape index (κ1) is 31.1. The standard InChI is InChI=1S/C35H39ClN4O2/c1-23(2)20-38-21-30(17-26-7-9-27(19-37)10-8-26)40-35(41)32-18-29(13-15-33(32)36)34-16-14-31(42-34)22-39-25(4)28-11-5-24(3)6-12-28/h5-16,18,23,25,30,38-39H,17,20-22H2,1-4H3,(H,40,41)/t25?,30-/m1/s1. The molecule has 0 radical (unpaired) electrons. The maximum atomic E-state index is 13.5. The number of nitriles is 1. The Hall–Kier alpha value is -3.89. The first-order valence-electron chi connectivity index (χ1n) is 14.4. The molecule has 3 aromatic carbocycles. The Morgan fingerprint density at radius 2 is 1.69 bits per heavy atom. The molecule has 4 aromatic rings. The Bertz CT molecular complexity index is 1500. The summed E-state index contributed by atoms with van der Waals surface area (Å²) >= 11 is 6.51. The highest BCUT2D eigenvalue weighted by Gasteiger charge is 2.19. The zero-order valence-corrected chi connectivity index (χ0v) is 25.5. The third kappa shape index (κ3) is 8.80. The molecule has 1 unspecified atom stereocenters. The molecular formula is C35H39ClN4O2. The molecule has 1 aromatic heterocycles. The fourth-order valence-electron chi connectivity index (χ4n) is 4.69. The molecular weight excluding hydrogens is 544 g/mol. The number of furan rings is 1. The molecule has 0 spiro atoms. The Morgan fingerprint density at radius 3 is 2.38 bits per heavy atom. The monoisotopic (exact) mass is 582 g/mol. The Morgan fingerprint density at radius 1 is 0.952 bits per heavy atom. The van der Waals surface area contributed by atoms with Gasteiger partial charge in [0, 0.05) is 24.2 Å². The molecule has 3 N–H and O–H groups in total. The summed E-state index contributed by atoms with van der Waals surface area (Å²) in [6, 6.07) is 27.4. The van der Waals surface area contributed by atoms with Crippen LogP contribution in [-0.4, -0.2) is 25.0 Å². The van der Waals surface area contributed by atoms with Gasteiger partial charge >= 0.3 is 0 Å². The molecule has 0 aliphatic carbocycles. The summed E-state index contributed by atoms with van der Waals surface area (Å²) in [6.07, 6.45) is 0.620. The topological polar surface area (TPSA) is 90.1 Å². The number of carbonyl (C=O) groups is 1. The molecule has 0 aliphatic heterocycles. The minimum atomic E-state index is -0.243. The third-order valence-electron chi connectivity index (χ3n) is 7.16. The van der Waals surface area contributed by atoms with Crippen molar-refractivity contribution in [3.8, 4) is 17.4 Å². The minimum Gasteiger partial charge on any atom is -0.460 e. The Kier molecular flexibility index (Phi) is 11.0. The van der Waals surface area contributed by atoms with Crippen LogP contribution in [0.4, 0.5) is 0 Å². The van der Waals surface area contributed by atoms with E-state index in [1.54, 1.807) is 24.3 Å². The van der Waals surface area contributed by atoms with E-state index in [-0.39, 0.29) is 18.0 Å². The summed E-state index contributed by atoms with van der Waals surface area (Å²) in [5, 5.41) is 19.6. The minimum absolute atomic E-state index is 0.166. The van der Waals surface area contributed by atoms with Gasteiger partial charge in [-0.3, -0.25) is 4.79 Å². The maximum Gasteiger partial charge on any atom is 0.253 e. The van der Waals surface area contributed by atoms with Crippen LogP contribution in [0.25, 0.3) is 11.3 Å². The van der Waals surface area contributed by atoms with Gasteiger partial charge in [0.05, 0.1) is 28.8 Å². The quantitative estimate of drug-likeness (QED) is 0.155. The number of benzene rings is 3. The van der Waals surface area contributed by atoms with Crippen LogP contribution in [0.2, 0.25) is 5.02 Å². The van der Waals surface area contributed by atoms with Crippen LogP contribution in [0.5, 0.6) is 0 Å². The molecule has 0 aliphatic rings. The number of aryl methyl sites for hydroxylation is 1. The van der Waals surface area contributed by atoms with Crippen LogP contribution < -0.4 is 16.0 Å². The van der Waals surface area contributed by atoms with E-state index in [2.05, 4.69) is 74.0 Å². The van der Waals surface area contributed by atoms with E-state index in [1.807, 2.05) is 30.3 Å². The van der Waals surface area contributed by atoms with Gasteiger partial charge in [-0.1, -0.05) is 67.4 Å². The number of hydrogen-bond acceptors (Lipinski definition) is 5. The normalized spacial score (nSPS) is 12.6. The number of rotatable bonds is 13. The van der Waals surface area contributed by atoms with Gasteiger partial charge in [-0.15, -0.1) is 0 Å². The van der Waals surface area contributed by atoms with Gasteiger partial charge in [0.25, 0.3) is 5.91 Å². The molecule has 7 heteroatoms. The van der Waals surface area contributed by atoms with E-state index in [0.29, 0.717) is 47.3 Å². The Labute approximate surface area is 254 Å². The van der Waals surface area contributed by atoms with Gasteiger partial charge in [0.15, 0.2) is 0 Å². The number of halogens is 1. The lowest BCUT2D eigenvalue weighted by atomic mass is 10.0. The molecule has 218 valence electrons. The molecule has 6 nitrogen and oxygen atoms in total.